The van der Waals surface area contributed by atoms with Crippen LogP contribution in [0, 0.1) is 0 Å². The van der Waals surface area contributed by atoms with Crippen LogP contribution < -0.4 is 4.74 Å². The molecule has 0 saturated carbocycles. The fourth-order valence-electron chi connectivity index (χ4n) is 0.541. The van der Waals surface area contributed by atoms with Crippen LogP contribution in [-0.4, -0.2) is 16.3 Å². The average Bonchev–Trinajstić information content (AvgIpc) is 1.78. The van der Waals surface area contributed by atoms with Crippen LogP contribution in [0.25, 0.3) is 0 Å². The Morgan fingerprint density at radius 3 is 2.31 bits per heavy atom. The average molecular weight is 233 g/mol. The fraction of sp³-hybridized carbons (Fsp3) is 0.200. The highest BCUT2D eigenvalue weighted by atomic mass is 35.5. The van der Waals surface area contributed by atoms with Gasteiger partial charge >= 0.3 is 6.36 Å². The van der Waals surface area contributed by atoms with Gasteiger partial charge in [0.05, 0.1) is 0 Å². The van der Waals surface area contributed by atoms with Crippen molar-refractivity contribution in [1.29, 1.82) is 0 Å². The third kappa shape index (κ3) is 3.65. The minimum Gasteiger partial charge on any atom is -0.388 e. The lowest BCUT2D eigenvalue weighted by atomic mass is 10.6. The zero-order valence-electron chi connectivity index (χ0n) is 5.77. The Balaban J connectivity index is 2.90. The van der Waals surface area contributed by atoms with Crippen LogP contribution >= 0.6 is 23.2 Å². The third-order valence-corrected chi connectivity index (χ3v) is 1.23. The quantitative estimate of drug-likeness (QED) is 0.552. The van der Waals surface area contributed by atoms with Crippen LogP contribution in [-0.2, 0) is 0 Å². The van der Waals surface area contributed by atoms with E-state index in [9.17, 15) is 13.2 Å². The highest BCUT2D eigenvalue weighted by Crippen LogP contribution is 2.23. The van der Waals surface area contributed by atoms with Gasteiger partial charge in [0.1, 0.15) is 5.15 Å². The van der Waals surface area contributed by atoms with E-state index in [1.807, 2.05) is 0 Å². The summed E-state index contributed by atoms with van der Waals surface area (Å²) in [5.74, 6) is -0.738. The molecule has 72 valence electrons. The maximum absolute atomic E-state index is 11.6. The smallest absolute Gasteiger partial charge is 0.388 e. The van der Waals surface area contributed by atoms with Crippen molar-refractivity contribution in [2.24, 2.45) is 0 Å². The molecule has 1 aromatic heterocycles. The van der Waals surface area contributed by atoms with Gasteiger partial charge in [-0.05, 0) is 11.6 Å². The number of aromatic nitrogens is 2. The van der Waals surface area contributed by atoms with Gasteiger partial charge in [0.15, 0.2) is 0 Å². The molecule has 0 spiro atoms. The monoisotopic (exact) mass is 232 g/mol. The van der Waals surface area contributed by atoms with E-state index in [0.29, 0.717) is 0 Å². The molecule has 1 rings (SSSR count). The Morgan fingerprint density at radius 1 is 1.23 bits per heavy atom. The zero-order chi connectivity index (χ0) is 10.1. The summed E-state index contributed by atoms with van der Waals surface area (Å²) < 4.78 is 38.4. The molecular formula is C5HCl2F3N2O. The van der Waals surface area contributed by atoms with Gasteiger partial charge < -0.3 is 4.74 Å². The number of alkyl halides is 3. The van der Waals surface area contributed by atoms with Gasteiger partial charge in [0.25, 0.3) is 0 Å². The largest absolute Gasteiger partial charge is 0.574 e. The molecule has 0 unspecified atom stereocenters. The van der Waals surface area contributed by atoms with Gasteiger partial charge in [-0.2, -0.15) is 4.98 Å². The molecule has 0 aliphatic carbocycles. The number of nitrogens with zero attached hydrogens (tertiary/aromatic N) is 2. The Labute approximate surface area is 80.5 Å². The Kier molecular flexibility index (Phi) is 2.82. The summed E-state index contributed by atoms with van der Waals surface area (Å²) in [6.07, 6.45) is -4.82. The summed E-state index contributed by atoms with van der Waals surface area (Å²) in [5, 5.41) is -0.633. The lowest BCUT2D eigenvalue weighted by Gasteiger charge is -2.07. The SMILES string of the molecule is FC(F)(F)Oc1cc(Cl)nc(Cl)n1. The van der Waals surface area contributed by atoms with Gasteiger partial charge in [0.2, 0.25) is 11.2 Å². The van der Waals surface area contributed by atoms with Crippen molar-refractivity contribution < 1.29 is 17.9 Å². The van der Waals surface area contributed by atoms with Crippen LogP contribution in [0.4, 0.5) is 13.2 Å². The third-order valence-electron chi connectivity index (χ3n) is 0.864. The second-order valence-corrected chi connectivity index (χ2v) is 2.57. The lowest BCUT2D eigenvalue weighted by Crippen LogP contribution is -2.18. The first-order valence-electron chi connectivity index (χ1n) is 2.82. The Morgan fingerprint density at radius 2 is 1.85 bits per heavy atom. The molecule has 3 nitrogen and oxygen atoms in total. The van der Waals surface area contributed by atoms with Crippen LogP contribution in [0.5, 0.6) is 5.88 Å². The van der Waals surface area contributed by atoms with Crippen molar-refractivity contribution in [1.82, 2.24) is 9.97 Å². The van der Waals surface area contributed by atoms with Crippen LogP contribution in [0.15, 0.2) is 6.07 Å². The lowest BCUT2D eigenvalue weighted by molar-refractivity contribution is -0.276. The van der Waals surface area contributed by atoms with Crippen molar-refractivity contribution in [2.75, 3.05) is 0 Å². The Hall–Kier alpha value is -0.750. The molecule has 0 fully saturated rings. The maximum atomic E-state index is 11.6. The van der Waals surface area contributed by atoms with Gasteiger partial charge in [0, 0.05) is 6.07 Å². The highest BCUT2D eigenvalue weighted by molar-refractivity contribution is 6.31. The molecule has 1 aromatic rings. The van der Waals surface area contributed by atoms with E-state index in [2.05, 4.69) is 14.7 Å². The van der Waals surface area contributed by atoms with Crippen molar-refractivity contribution in [3.05, 3.63) is 16.5 Å². The Bertz CT molecular complexity index is 297. The maximum Gasteiger partial charge on any atom is 0.574 e. The van der Waals surface area contributed by atoms with Crippen LogP contribution in [0.3, 0.4) is 0 Å². The van der Waals surface area contributed by atoms with Crippen molar-refractivity contribution in [3.63, 3.8) is 0 Å². The predicted octanol–water partition coefficient (Wildman–Crippen LogP) is 2.68. The summed E-state index contributed by atoms with van der Waals surface area (Å²) in [7, 11) is 0. The first-order valence-corrected chi connectivity index (χ1v) is 3.58. The van der Waals surface area contributed by atoms with E-state index in [4.69, 9.17) is 23.2 Å². The van der Waals surface area contributed by atoms with E-state index in [0.717, 1.165) is 6.07 Å². The van der Waals surface area contributed by atoms with E-state index in [1.165, 1.54) is 0 Å². The summed E-state index contributed by atoms with van der Waals surface area (Å²) in [5.41, 5.74) is 0. The second kappa shape index (κ2) is 3.55. The number of ether oxygens (including phenoxy) is 1. The molecule has 0 aliphatic heterocycles. The minimum atomic E-state index is -4.82. The number of hydrogen-bond acceptors (Lipinski definition) is 3. The summed E-state index contributed by atoms with van der Waals surface area (Å²) in [6.45, 7) is 0. The second-order valence-electron chi connectivity index (χ2n) is 1.85. The van der Waals surface area contributed by atoms with E-state index in [1.54, 1.807) is 0 Å². The molecule has 8 heteroatoms. The van der Waals surface area contributed by atoms with E-state index in [-0.39, 0.29) is 5.15 Å². The number of rotatable bonds is 1. The molecule has 0 amide bonds. The topological polar surface area (TPSA) is 35.0 Å². The summed E-state index contributed by atoms with van der Waals surface area (Å²) in [6, 6.07) is 0.806. The number of halogens is 5. The molecule has 0 saturated heterocycles. The molecule has 0 atom stereocenters. The zero-order valence-corrected chi connectivity index (χ0v) is 7.28. The first-order chi connectivity index (χ1) is 5.87. The van der Waals surface area contributed by atoms with E-state index >= 15 is 0 Å². The minimum absolute atomic E-state index is 0.223. The highest BCUT2D eigenvalue weighted by Gasteiger charge is 2.32. The molecule has 0 aliphatic rings. The standard InChI is InChI=1S/C5HCl2F3N2O/c6-2-1-3(12-4(7)11-2)13-5(8,9)10/h1H. The van der Waals surface area contributed by atoms with Crippen molar-refractivity contribution in [2.45, 2.75) is 6.36 Å². The molecular weight excluding hydrogens is 232 g/mol. The molecule has 1 heterocycles. The van der Waals surface area contributed by atoms with Crippen LogP contribution in [0.1, 0.15) is 0 Å². The van der Waals surface area contributed by atoms with Gasteiger partial charge in [-0.1, -0.05) is 11.6 Å². The molecule has 0 aromatic carbocycles. The summed E-state index contributed by atoms with van der Waals surface area (Å²) >= 11 is 10.5. The summed E-state index contributed by atoms with van der Waals surface area (Å²) in [4.78, 5) is 6.48. The molecule has 0 radical (unpaired) electrons. The normalized spacial score (nSPS) is 11.5. The molecule has 13 heavy (non-hydrogen) atoms. The van der Waals surface area contributed by atoms with E-state index < -0.39 is 17.5 Å². The first kappa shape index (κ1) is 10.3. The van der Waals surface area contributed by atoms with Crippen molar-refractivity contribution >= 4 is 23.2 Å². The number of hydrogen-bond donors (Lipinski definition) is 0. The van der Waals surface area contributed by atoms with Gasteiger partial charge in [-0.15, -0.1) is 13.2 Å². The molecule has 0 N–H and O–H groups in total. The van der Waals surface area contributed by atoms with Crippen molar-refractivity contribution in [3.8, 4) is 5.88 Å². The molecule has 0 bridgehead atoms. The fourth-order valence-corrected chi connectivity index (χ4v) is 0.932. The van der Waals surface area contributed by atoms with Gasteiger partial charge in [-0.3, -0.25) is 0 Å². The predicted molar refractivity (Wildman–Crippen MR) is 38.7 cm³/mol. The van der Waals surface area contributed by atoms with Gasteiger partial charge in [-0.25, -0.2) is 4.98 Å². The van der Waals surface area contributed by atoms with Crippen LogP contribution in [0.2, 0.25) is 10.4 Å².